The number of aromatic nitrogens is 3. The molecule has 2 heterocycles. The Morgan fingerprint density at radius 3 is 2.81 bits per heavy atom. The van der Waals surface area contributed by atoms with Crippen LogP contribution < -0.4 is 9.46 Å². The molecule has 0 spiro atoms. The zero-order valence-corrected chi connectivity index (χ0v) is 15.5. The highest BCUT2D eigenvalue weighted by Crippen LogP contribution is 2.42. The van der Waals surface area contributed by atoms with Gasteiger partial charge in [0.2, 0.25) is 0 Å². The maximum Gasteiger partial charge on any atom is 0.277 e. The third-order valence-electron chi connectivity index (χ3n) is 3.77. The highest BCUT2D eigenvalue weighted by Gasteiger charge is 2.29. The topological polar surface area (TPSA) is 107 Å². The van der Waals surface area contributed by atoms with E-state index in [-0.39, 0.29) is 22.7 Å². The maximum atomic E-state index is 12.4. The second-order valence-electron chi connectivity index (χ2n) is 6.01. The van der Waals surface area contributed by atoms with Crippen molar-refractivity contribution >= 4 is 27.3 Å². The molecule has 1 N–H and O–H groups in total. The Morgan fingerprint density at radius 1 is 1.31 bits per heavy atom. The summed E-state index contributed by atoms with van der Waals surface area (Å²) in [5.74, 6) is 1.10. The van der Waals surface area contributed by atoms with Crippen molar-refractivity contribution in [1.82, 2.24) is 15.1 Å². The van der Waals surface area contributed by atoms with Crippen LogP contribution in [0.5, 0.6) is 5.75 Å². The van der Waals surface area contributed by atoms with Crippen LogP contribution in [0.4, 0.5) is 5.95 Å². The monoisotopic (exact) mass is 392 g/mol. The largest absolute Gasteiger partial charge is 0.484 e. The van der Waals surface area contributed by atoms with E-state index in [2.05, 4.69) is 19.8 Å². The zero-order chi connectivity index (χ0) is 18.1. The van der Waals surface area contributed by atoms with Gasteiger partial charge in [0, 0.05) is 5.92 Å². The van der Waals surface area contributed by atoms with Crippen LogP contribution in [0.2, 0.25) is 0 Å². The van der Waals surface area contributed by atoms with Crippen LogP contribution in [0.25, 0.3) is 0 Å². The minimum Gasteiger partial charge on any atom is -0.484 e. The summed E-state index contributed by atoms with van der Waals surface area (Å²) in [5.41, 5.74) is 1.12. The van der Waals surface area contributed by atoms with Gasteiger partial charge >= 0.3 is 0 Å². The van der Waals surface area contributed by atoms with Crippen molar-refractivity contribution in [2.45, 2.75) is 36.5 Å². The molecule has 0 radical (unpaired) electrons. The molecule has 3 aromatic rings. The van der Waals surface area contributed by atoms with E-state index in [9.17, 15) is 8.42 Å². The Bertz CT molecular complexity index is 1010. The lowest BCUT2D eigenvalue weighted by Crippen LogP contribution is -2.12. The number of anilines is 1. The molecule has 0 saturated heterocycles. The van der Waals surface area contributed by atoms with Crippen LogP contribution in [0.1, 0.15) is 35.2 Å². The van der Waals surface area contributed by atoms with Gasteiger partial charge in [0.05, 0.1) is 11.2 Å². The molecule has 0 bridgehead atoms. The smallest absolute Gasteiger partial charge is 0.277 e. The number of hydrogen-bond acceptors (Lipinski definition) is 8. The van der Waals surface area contributed by atoms with E-state index in [1.807, 2.05) is 31.2 Å². The van der Waals surface area contributed by atoms with Crippen molar-refractivity contribution in [3.05, 3.63) is 46.9 Å². The van der Waals surface area contributed by atoms with Gasteiger partial charge in [0.15, 0.2) is 10.8 Å². The SMILES string of the molecule is Cc1ccc(OCc2nc(NS(=O)(=O)c3cnc(C4CC4)s3)no2)cc1. The summed E-state index contributed by atoms with van der Waals surface area (Å²) in [5, 5.41) is 4.49. The van der Waals surface area contributed by atoms with E-state index in [0.29, 0.717) is 11.7 Å². The molecular formula is C16H16N4O4S2. The first-order chi connectivity index (χ1) is 12.5. The fourth-order valence-corrected chi connectivity index (χ4v) is 4.47. The van der Waals surface area contributed by atoms with Crippen LogP contribution in [0, 0.1) is 6.92 Å². The van der Waals surface area contributed by atoms with Crippen molar-refractivity contribution in [2.24, 2.45) is 0 Å². The summed E-state index contributed by atoms with van der Waals surface area (Å²) in [4.78, 5) is 8.17. The molecule has 0 unspecified atom stereocenters. The lowest BCUT2D eigenvalue weighted by molar-refractivity contribution is 0.243. The van der Waals surface area contributed by atoms with Gasteiger partial charge in [-0.25, -0.2) is 18.1 Å². The fourth-order valence-electron chi connectivity index (χ4n) is 2.22. The van der Waals surface area contributed by atoms with E-state index >= 15 is 0 Å². The lowest BCUT2D eigenvalue weighted by atomic mass is 10.2. The van der Waals surface area contributed by atoms with Crippen LogP contribution in [0.15, 0.2) is 39.2 Å². The molecule has 26 heavy (non-hydrogen) atoms. The molecule has 0 atom stereocenters. The molecule has 2 aromatic heterocycles. The first kappa shape index (κ1) is 17.0. The van der Waals surface area contributed by atoms with Crippen molar-refractivity contribution in [3.63, 3.8) is 0 Å². The molecule has 10 heteroatoms. The quantitative estimate of drug-likeness (QED) is 0.658. The van der Waals surface area contributed by atoms with Gasteiger partial charge in [-0.3, -0.25) is 0 Å². The first-order valence-corrected chi connectivity index (χ1v) is 10.3. The van der Waals surface area contributed by atoms with E-state index in [1.54, 1.807) is 0 Å². The van der Waals surface area contributed by atoms with E-state index in [0.717, 1.165) is 23.4 Å². The zero-order valence-electron chi connectivity index (χ0n) is 13.9. The standard InChI is InChI=1S/C16H16N4O4S2/c1-10-2-6-12(7-3-10)23-9-13-18-16(19-24-13)20-26(21,22)14-8-17-15(25-14)11-4-5-11/h2-3,6-8,11H,4-5,9H2,1H3,(H,19,20). The van der Waals surface area contributed by atoms with Crippen LogP contribution in [0.3, 0.4) is 0 Å². The molecule has 1 aromatic carbocycles. The number of nitrogens with zero attached hydrogens (tertiary/aromatic N) is 3. The number of sulfonamides is 1. The van der Waals surface area contributed by atoms with Crippen molar-refractivity contribution < 1.29 is 17.7 Å². The maximum absolute atomic E-state index is 12.4. The summed E-state index contributed by atoms with van der Waals surface area (Å²) in [7, 11) is -3.78. The molecule has 0 amide bonds. The fraction of sp³-hybridized carbons (Fsp3) is 0.312. The minimum atomic E-state index is -3.78. The molecular weight excluding hydrogens is 376 g/mol. The Morgan fingerprint density at radius 2 is 2.08 bits per heavy atom. The third-order valence-corrected chi connectivity index (χ3v) is 6.72. The molecule has 136 valence electrons. The molecule has 1 aliphatic rings. The number of rotatable bonds is 7. The van der Waals surface area contributed by atoms with Crippen LogP contribution in [-0.2, 0) is 16.6 Å². The number of hydrogen-bond donors (Lipinski definition) is 1. The molecule has 1 saturated carbocycles. The third kappa shape index (κ3) is 3.86. The second-order valence-corrected chi connectivity index (χ2v) is 8.98. The minimum absolute atomic E-state index is 0.0458. The Balaban J connectivity index is 1.39. The van der Waals surface area contributed by atoms with Crippen LogP contribution >= 0.6 is 11.3 Å². The van der Waals surface area contributed by atoms with E-state index in [1.165, 1.54) is 17.5 Å². The van der Waals surface area contributed by atoms with Crippen molar-refractivity contribution in [2.75, 3.05) is 4.72 Å². The number of thiazole rings is 1. The summed E-state index contributed by atoms with van der Waals surface area (Å²) in [6.45, 7) is 2.03. The number of aryl methyl sites for hydroxylation is 1. The molecule has 0 aliphatic heterocycles. The normalized spacial score (nSPS) is 14.3. The van der Waals surface area contributed by atoms with Gasteiger partial charge in [-0.2, -0.15) is 4.98 Å². The van der Waals surface area contributed by atoms with E-state index < -0.39 is 10.0 Å². The number of ether oxygens (including phenoxy) is 1. The Kier molecular flexibility index (Phi) is 4.37. The molecule has 1 aliphatic carbocycles. The molecule has 4 rings (SSSR count). The summed E-state index contributed by atoms with van der Waals surface area (Å²) in [6, 6.07) is 7.51. The predicted molar refractivity (Wildman–Crippen MR) is 94.7 cm³/mol. The Labute approximate surface area is 154 Å². The van der Waals surface area contributed by atoms with Gasteiger partial charge in [0.25, 0.3) is 21.9 Å². The summed E-state index contributed by atoms with van der Waals surface area (Å²) < 4.78 is 37.8. The van der Waals surface area contributed by atoms with E-state index in [4.69, 9.17) is 9.26 Å². The van der Waals surface area contributed by atoms with Gasteiger partial charge in [-0.05, 0) is 37.1 Å². The first-order valence-electron chi connectivity index (χ1n) is 8.00. The lowest BCUT2D eigenvalue weighted by Gasteiger charge is -2.02. The molecule has 8 nitrogen and oxygen atoms in total. The van der Waals surface area contributed by atoms with Gasteiger partial charge in [-0.15, -0.1) is 11.3 Å². The Hall–Kier alpha value is -2.46. The number of benzene rings is 1. The predicted octanol–water partition coefficient (Wildman–Crippen LogP) is 3.09. The van der Waals surface area contributed by atoms with Gasteiger partial charge < -0.3 is 9.26 Å². The highest BCUT2D eigenvalue weighted by atomic mass is 32.2. The summed E-state index contributed by atoms with van der Waals surface area (Å²) in [6.07, 6.45) is 3.49. The van der Waals surface area contributed by atoms with Gasteiger partial charge in [0.1, 0.15) is 5.75 Å². The molecule has 1 fully saturated rings. The average Bonchev–Trinajstić information content (AvgIpc) is 3.16. The second kappa shape index (κ2) is 6.69. The van der Waals surface area contributed by atoms with Crippen LogP contribution in [-0.4, -0.2) is 23.5 Å². The highest BCUT2D eigenvalue weighted by molar-refractivity contribution is 7.94. The van der Waals surface area contributed by atoms with Crippen molar-refractivity contribution in [3.8, 4) is 5.75 Å². The van der Waals surface area contributed by atoms with Crippen molar-refractivity contribution in [1.29, 1.82) is 0 Å². The van der Waals surface area contributed by atoms with Gasteiger partial charge in [-0.1, -0.05) is 17.7 Å². The summed E-state index contributed by atoms with van der Waals surface area (Å²) >= 11 is 1.17. The number of nitrogens with one attached hydrogen (secondary N) is 1. The average molecular weight is 392 g/mol.